The van der Waals surface area contributed by atoms with Crippen molar-refractivity contribution < 1.29 is 0 Å². The molecule has 3 rings (SSSR count). The van der Waals surface area contributed by atoms with E-state index < -0.39 is 0 Å². The molecule has 0 amide bonds. The summed E-state index contributed by atoms with van der Waals surface area (Å²) in [6.07, 6.45) is 0. The molecule has 3 aromatic rings. The Morgan fingerprint density at radius 1 is 1.21 bits per heavy atom. The van der Waals surface area contributed by atoms with E-state index in [1.807, 2.05) is 24.3 Å². The first kappa shape index (κ1) is 12.2. The number of nitrogens with one attached hydrogen (secondary N) is 1. The van der Waals surface area contributed by atoms with E-state index >= 15 is 0 Å². The van der Waals surface area contributed by atoms with Crippen LogP contribution in [0.25, 0.3) is 16.2 Å². The normalized spacial score (nSPS) is 11.5. The molecule has 1 aromatic carbocycles. The second-order valence-corrected chi connectivity index (χ2v) is 5.54. The van der Waals surface area contributed by atoms with Crippen LogP contribution in [0.2, 0.25) is 0 Å². The van der Waals surface area contributed by atoms with Crippen LogP contribution >= 0.6 is 11.3 Å². The van der Waals surface area contributed by atoms with Gasteiger partial charge in [-0.2, -0.15) is 4.68 Å². The molecule has 19 heavy (non-hydrogen) atoms. The quantitative estimate of drug-likeness (QED) is 0.785. The summed E-state index contributed by atoms with van der Waals surface area (Å²) in [5, 5.41) is 21.6. The number of rotatable bonds is 4. The number of hydrogen-bond donors (Lipinski definition) is 1. The standard InChI is InChI=1S/C12H14N6S/c1-8(2)13-7-11-15-16-12(19-11)18-10-6-4-3-5-9(10)14-17-18/h3-6,8,13H,7H2,1-2H3. The van der Waals surface area contributed by atoms with Crippen LogP contribution in [0.5, 0.6) is 0 Å². The first-order valence-corrected chi connectivity index (χ1v) is 6.92. The molecule has 98 valence electrons. The maximum atomic E-state index is 4.18. The monoisotopic (exact) mass is 274 g/mol. The van der Waals surface area contributed by atoms with Crippen LogP contribution in [0.1, 0.15) is 18.9 Å². The molecule has 0 spiro atoms. The van der Waals surface area contributed by atoms with Gasteiger partial charge < -0.3 is 5.32 Å². The molecular formula is C12H14N6S. The average Bonchev–Trinajstić information content (AvgIpc) is 3.02. The number of aromatic nitrogens is 5. The van der Waals surface area contributed by atoms with E-state index in [9.17, 15) is 0 Å². The minimum absolute atomic E-state index is 0.430. The van der Waals surface area contributed by atoms with Crippen molar-refractivity contribution in [3.05, 3.63) is 29.3 Å². The molecule has 0 saturated carbocycles. The fourth-order valence-electron chi connectivity index (χ4n) is 1.70. The molecule has 0 saturated heterocycles. The third-order valence-electron chi connectivity index (χ3n) is 2.65. The number of benzene rings is 1. The largest absolute Gasteiger partial charge is 0.308 e. The molecule has 0 bridgehead atoms. The van der Waals surface area contributed by atoms with Gasteiger partial charge in [0.25, 0.3) is 0 Å². The van der Waals surface area contributed by atoms with Crippen molar-refractivity contribution in [2.24, 2.45) is 0 Å². The lowest BCUT2D eigenvalue weighted by atomic mass is 10.3. The van der Waals surface area contributed by atoms with Gasteiger partial charge in [0.15, 0.2) is 0 Å². The molecule has 1 N–H and O–H groups in total. The molecular weight excluding hydrogens is 260 g/mol. The van der Waals surface area contributed by atoms with Crippen LogP contribution in [-0.4, -0.2) is 31.2 Å². The zero-order valence-electron chi connectivity index (χ0n) is 10.7. The van der Waals surface area contributed by atoms with E-state index in [1.165, 1.54) is 11.3 Å². The Hall–Kier alpha value is -1.86. The van der Waals surface area contributed by atoms with Gasteiger partial charge in [-0.1, -0.05) is 42.5 Å². The molecule has 0 atom stereocenters. The highest BCUT2D eigenvalue weighted by molar-refractivity contribution is 7.13. The Morgan fingerprint density at radius 3 is 2.89 bits per heavy atom. The average molecular weight is 274 g/mol. The highest BCUT2D eigenvalue weighted by atomic mass is 32.1. The van der Waals surface area contributed by atoms with Gasteiger partial charge in [-0.15, -0.1) is 15.3 Å². The summed E-state index contributed by atoms with van der Waals surface area (Å²) in [4.78, 5) is 0. The third-order valence-corrected chi connectivity index (χ3v) is 3.55. The van der Waals surface area contributed by atoms with E-state index in [0.29, 0.717) is 6.04 Å². The first-order valence-electron chi connectivity index (χ1n) is 6.10. The number of para-hydroxylation sites is 1. The van der Waals surface area contributed by atoms with Crippen LogP contribution in [0.4, 0.5) is 0 Å². The van der Waals surface area contributed by atoms with Crippen molar-refractivity contribution >= 4 is 22.4 Å². The molecule has 0 radical (unpaired) electrons. The molecule has 2 heterocycles. The number of nitrogens with zero attached hydrogens (tertiary/aromatic N) is 5. The highest BCUT2D eigenvalue weighted by Crippen LogP contribution is 2.19. The fraction of sp³-hybridized carbons (Fsp3) is 0.333. The van der Waals surface area contributed by atoms with Crippen molar-refractivity contribution in [1.29, 1.82) is 0 Å². The summed E-state index contributed by atoms with van der Waals surface area (Å²) in [6, 6.07) is 8.24. The topological polar surface area (TPSA) is 68.5 Å². The highest BCUT2D eigenvalue weighted by Gasteiger charge is 2.11. The van der Waals surface area contributed by atoms with E-state index in [4.69, 9.17) is 0 Å². The summed E-state index contributed by atoms with van der Waals surface area (Å²) >= 11 is 1.52. The summed E-state index contributed by atoms with van der Waals surface area (Å²) in [6.45, 7) is 4.93. The molecule has 0 fully saturated rings. The molecule has 0 unspecified atom stereocenters. The Kier molecular flexibility index (Phi) is 3.22. The minimum Gasteiger partial charge on any atom is -0.308 e. The smallest absolute Gasteiger partial charge is 0.234 e. The van der Waals surface area contributed by atoms with Crippen molar-refractivity contribution in [3.63, 3.8) is 0 Å². The molecule has 0 aliphatic rings. The van der Waals surface area contributed by atoms with Crippen LogP contribution in [0.15, 0.2) is 24.3 Å². The van der Waals surface area contributed by atoms with Crippen LogP contribution < -0.4 is 5.32 Å². The lowest BCUT2D eigenvalue weighted by Crippen LogP contribution is -2.21. The lowest BCUT2D eigenvalue weighted by Gasteiger charge is -2.03. The van der Waals surface area contributed by atoms with E-state index in [-0.39, 0.29) is 0 Å². The van der Waals surface area contributed by atoms with E-state index in [0.717, 1.165) is 27.7 Å². The van der Waals surface area contributed by atoms with Gasteiger partial charge in [-0.05, 0) is 12.1 Å². The van der Waals surface area contributed by atoms with Crippen LogP contribution in [0.3, 0.4) is 0 Å². The maximum Gasteiger partial charge on any atom is 0.234 e. The van der Waals surface area contributed by atoms with Gasteiger partial charge in [0.1, 0.15) is 10.5 Å². The van der Waals surface area contributed by atoms with Crippen molar-refractivity contribution in [2.45, 2.75) is 26.4 Å². The second-order valence-electron chi connectivity index (χ2n) is 4.50. The Morgan fingerprint density at radius 2 is 2.05 bits per heavy atom. The van der Waals surface area contributed by atoms with Gasteiger partial charge in [0.05, 0.1) is 5.52 Å². The predicted molar refractivity (Wildman–Crippen MR) is 74.3 cm³/mol. The zero-order valence-corrected chi connectivity index (χ0v) is 11.6. The molecule has 2 aromatic heterocycles. The van der Waals surface area contributed by atoms with Gasteiger partial charge >= 0.3 is 0 Å². The predicted octanol–water partition coefficient (Wildman–Crippen LogP) is 1.77. The maximum absolute atomic E-state index is 4.18. The van der Waals surface area contributed by atoms with Crippen molar-refractivity contribution in [3.8, 4) is 5.13 Å². The molecule has 0 aliphatic carbocycles. The van der Waals surface area contributed by atoms with Crippen molar-refractivity contribution in [2.75, 3.05) is 0 Å². The summed E-state index contributed by atoms with van der Waals surface area (Å²) < 4.78 is 1.73. The lowest BCUT2D eigenvalue weighted by molar-refractivity contribution is 0.584. The molecule has 0 aliphatic heterocycles. The Labute approximate surface area is 114 Å². The second kappa shape index (κ2) is 5.02. The molecule has 6 nitrogen and oxygen atoms in total. The first-order chi connectivity index (χ1) is 9.24. The third kappa shape index (κ3) is 2.47. The number of fused-ring (bicyclic) bond motifs is 1. The Balaban J connectivity index is 1.90. The van der Waals surface area contributed by atoms with E-state index in [1.54, 1.807) is 4.68 Å². The SMILES string of the molecule is CC(C)NCc1nnc(-n2nnc3ccccc32)s1. The van der Waals surface area contributed by atoms with Gasteiger partial charge in [0.2, 0.25) is 5.13 Å². The number of hydrogen-bond acceptors (Lipinski definition) is 6. The van der Waals surface area contributed by atoms with Crippen LogP contribution in [0, 0.1) is 0 Å². The summed E-state index contributed by atoms with van der Waals surface area (Å²) in [5.41, 5.74) is 1.81. The molecule has 7 heteroatoms. The fourth-order valence-corrected chi connectivity index (χ4v) is 2.45. The Bertz CT molecular complexity index is 686. The van der Waals surface area contributed by atoms with Gasteiger partial charge in [-0.25, -0.2) is 0 Å². The van der Waals surface area contributed by atoms with Crippen LogP contribution in [-0.2, 0) is 6.54 Å². The summed E-state index contributed by atoms with van der Waals surface area (Å²) in [7, 11) is 0. The van der Waals surface area contributed by atoms with Crippen molar-refractivity contribution in [1.82, 2.24) is 30.5 Å². The zero-order chi connectivity index (χ0) is 13.2. The van der Waals surface area contributed by atoms with E-state index in [2.05, 4.69) is 39.7 Å². The van der Waals surface area contributed by atoms with Gasteiger partial charge in [-0.3, -0.25) is 0 Å². The minimum atomic E-state index is 0.430. The van der Waals surface area contributed by atoms with Gasteiger partial charge in [0, 0.05) is 12.6 Å². The summed E-state index contributed by atoms with van der Waals surface area (Å²) in [5.74, 6) is 0.